The van der Waals surface area contributed by atoms with Crippen LogP contribution in [0.4, 0.5) is 0 Å². The van der Waals surface area contributed by atoms with E-state index >= 15 is 0 Å². The van der Waals surface area contributed by atoms with E-state index in [0.29, 0.717) is 18.3 Å². The molecule has 1 aromatic heterocycles. The summed E-state index contributed by atoms with van der Waals surface area (Å²) in [5.74, 6) is 0.641. The molecule has 1 atom stereocenters. The standard InChI is InChI=1S/C19H27N5O2.ClH/c1-3-16(26-18-7-5-4-6-14(18)2)12-21-19(25)17-13-24(23-22-17)15-8-10-20-11-9-15;/h4-7,13,15-16,20H,3,8-12H2,1-2H3,(H,21,25);1H. The molecule has 1 aliphatic rings. The number of para-hydroxylation sites is 1. The van der Waals surface area contributed by atoms with Crippen molar-refractivity contribution in [2.45, 2.75) is 45.3 Å². The van der Waals surface area contributed by atoms with Crippen molar-refractivity contribution in [3.63, 3.8) is 0 Å². The molecule has 7 nitrogen and oxygen atoms in total. The minimum absolute atomic E-state index is 0. The van der Waals surface area contributed by atoms with Crippen LogP contribution in [0.2, 0.25) is 0 Å². The number of nitrogens with one attached hydrogen (secondary N) is 2. The van der Waals surface area contributed by atoms with Crippen molar-refractivity contribution in [2.75, 3.05) is 19.6 Å². The number of ether oxygens (including phenoxy) is 1. The maximum atomic E-state index is 12.4. The van der Waals surface area contributed by atoms with Gasteiger partial charge in [0.05, 0.1) is 18.8 Å². The predicted molar refractivity (Wildman–Crippen MR) is 107 cm³/mol. The van der Waals surface area contributed by atoms with Gasteiger partial charge in [-0.15, -0.1) is 17.5 Å². The van der Waals surface area contributed by atoms with E-state index in [9.17, 15) is 4.79 Å². The average Bonchev–Trinajstić information content (AvgIpc) is 3.17. The summed E-state index contributed by atoms with van der Waals surface area (Å²) in [5.41, 5.74) is 1.44. The zero-order valence-corrected chi connectivity index (χ0v) is 16.7. The molecule has 0 spiro atoms. The first-order valence-corrected chi connectivity index (χ1v) is 9.30. The van der Waals surface area contributed by atoms with E-state index in [2.05, 4.69) is 20.9 Å². The minimum atomic E-state index is -0.211. The summed E-state index contributed by atoms with van der Waals surface area (Å²) in [5, 5.41) is 14.4. The molecular weight excluding hydrogens is 366 g/mol. The van der Waals surface area contributed by atoms with Crippen molar-refractivity contribution in [1.29, 1.82) is 0 Å². The molecule has 2 heterocycles. The van der Waals surface area contributed by atoms with E-state index in [1.807, 2.05) is 42.8 Å². The van der Waals surface area contributed by atoms with E-state index < -0.39 is 0 Å². The van der Waals surface area contributed by atoms with Gasteiger partial charge in [-0.1, -0.05) is 30.3 Å². The Morgan fingerprint density at radius 1 is 1.37 bits per heavy atom. The zero-order chi connectivity index (χ0) is 18.4. The second-order valence-electron chi connectivity index (χ2n) is 6.69. The molecule has 148 valence electrons. The Hall–Kier alpha value is -2.12. The van der Waals surface area contributed by atoms with Crippen molar-refractivity contribution < 1.29 is 9.53 Å². The number of carbonyl (C=O) groups excluding carboxylic acids is 1. The molecule has 2 aromatic rings. The number of hydrogen-bond donors (Lipinski definition) is 2. The van der Waals surface area contributed by atoms with Crippen LogP contribution in [0.15, 0.2) is 30.5 Å². The third-order valence-corrected chi connectivity index (χ3v) is 4.76. The molecule has 2 N–H and O–H groups in total. The van der Waals surface area contributed by atoms with Crippen LogP contribution in [0.1, 0.15) is 48.3 Å². The molecule has 1 saturated heterocycles. The highest BCUT2D eigenvalue weighted by Crippen LogP contribution is 2.19. The molecule has 1 fully saturated rings. The Kier molecular flexibility index (Phi) is 8.06. The SMILES string of the molecule is CCC(CNC(=O)c1cn(C2CCNCC2)nn1)Oc1ccccc1C.Cl. The number of halogens is 1. The molecule has 0 radical (unpaired) electrons. The lowest BCUT2D eigenvalue weighted by molar-refractivity contribution is 0.0920. The Labute approximate surface area is 166 Å². The predicted octanol–water partition coefficient (Wildman–Crippen LogP) is 2.52. The fraction of sp³-hybridized carbons (Fsp3) is 0.526. The summed E-state index contributed by atoms with van der Waals surface area (Å²) < 4.78 is 7.83. The highest BCUT2D eigenvalue weighted by Gasteiger charge is 2.19. The van der Waals surface area contributed by atoms with Crippen LogP contribution >= 0.6 is 12.4 Å². The van der Waals surface area contributed by atoms with E-state index in [-0.39, 0.29) is 24.4 Å². The summed E-state index contributed by atoms with van der Waals surface area (Å²) in [4.78, 5) is 12.4. The number of aryl methyl sites for hydroxylation is 1. The van der Waals surface area contributed by atoms with Crippen LogP contribution < -0.4 is 15.4 Å². The van der Waals surface area contributed by atoms with E-state index in [0.717, 1.165) is 43.7 Å². The first kappa shape index (κ1) is 21.2. The molecule has 8 heteroatoms. The Balaban J connectivity index is 0.00000261. The molecule has 1 unspecified atom stereocenters. The van der Waals surface area contributed by atoms with Gasteiger partial charge in [0.15, 0.2) is 5.69 Å². The second kappa shape index (κ2) is 10.3. The highest BCUT2D eigenvalue weighted by atomic mass is 35.5. The van der Waals surface area contributed by atoms with E-state index in [1.165, 1.54) is 0 Å². The van der Waals surface area contributed by atoms with E-state index in [4.69, 9.17) is 4.74 Å². The second-order valence-corrected chi connectivity index (χ2v) is 6.69. The number of nitrogens with zero attached hydrogens (tertiary/aromatic N) is 3. The first-order valence-electron chi connectivity index (χ1n) is 9.30. The van der Waals surface area contributed by atoms with Crippen LogP contribution in [0, 0.1) is 6.92 Å². The highest BCUT2D eigenvalue weighted by molar-refractivity contribution is 5.91. The fourth-order valence-electron chi connectivity index (χ4n) is 3.07. The van der Waals surface area contributed by atoms with Crippen LogP contribution in [-0.4, -0.2) is 46.6 Å². The molecule has 1 amide bonds. The molecule has 0 saturated carbocycles. The first-order chi connectivity index (χ1) is 12.7. The summed E-state index contributed by atoms with van der Waals surface area (Å²) in [7, 11) is 0. The third kappa shape index (κ3) is 5.68. The maximum absolute atomic E-state index is 12.4. The van der Waals surface area contributed by atoms with Gasteiger partial charge in [0.2, 0.25) is 0 Å². The summed E-state index contributed by atoms with van der Waals surface area (Å²) >= 11 is 0. The van der Waals surface area contributed by atoms with Crippen LogP contribution in [0.5, 0.6) is 5.75 Å². The number of amides is 1. The Morgan fingerprint density at radius 3 is 2.81 bits per heavy atom. The zero-order valence-electron chi connectivity index (χ0n) is 15.9. The quantitative estimate of drug-likeness (QED) is 0.755. The number of aromatic nitrogens is 3. The fourth-order valence-corrected chi connectivity index (χ4v) is 3.07. The smallest absolute Gasteiger partial charge is 0.273 e. The molecule has 1 aromatic carbocycles. The molecule has 0 bridgehead atoms. The number of rotatable bonds is 7. The third-order valence-electron chi connectivity index (χ3n) is 4.76. The number of piperidine rings is 1. The van der Waals surface area contributed by atoms with Gasteiger partial charge in [-0.25, -0.2) is 4.68 Å². The van der Waals surface area contributed by atoms with Crippen molar-refractivity contribution in [2.24, 2.45) is 0 Å². The van der Waals surface area contributed by atoms with Gasteiger partial charge in [-0.2, -0.15) is 0 Å². The van der Waals surface area contributed by atoms with Crippen LogP contribution in [0.25, 0.3) is 0 Å². The van der Waals surface area contributed by atoms with Gasteiger partial charge in [0.25, 0.3) is 5.91 Å². The molecule has 0 aliphatic carbocycles. The number of hydrogen-bond acceptors (Lipinski definition) is 5. The van der Waals surface area contributed by atoms with Crippen molar-refractivity contribution in [3.05, 3.63) is 41.7 Å². The molecule has 3 rings (SSSR count). The summed E-state index contributed by atoms with van der Waals surface area (Å²) in [6.07, 6.45) is 4.48. The maximum Gasteiger partial charge on any atom is 0.273 e. The largest absolute Gasteiger partial charge is 0.488 e. The van der Waals surface area contributed by atoms with Gasteiger partial charge in [0.1, 0.15) is 11.9 Å². The molecule has 1 aliphatic heterocycles. The molecular formula is C19H28ClN5O2. The monoisotopic (exact) mass is 393 g/mol. The lowest BCUT2D eigenvalue weighted by Gasteiger charge is -2.22. The van der Waals surface area contributed by atoms with Crippen LogP contribution in [-0.2, 0) is 0 Å². The Morgan fingerprint density at radius 2 is 2.11 bits per heavy atom. The summed E-state index contributed by atoms with van der Waals surface area (Å²) in [6.45, 7) is 6.44. The topological polar surface area (TPSA) is 81.1 Å². The van der Waals surface area contributed by atoms with Crippen molar-refractivity contribution >= 4 is 18.3 Å². The number of carbonyl (C=O) groups is 1. The van der Waals surface area contributed by atoms with Gasteiger partial charge < -0.3 is 15.4 Å². The van der Waals surface area contributed by atoms with Crippen molar-refractivity contribution in [3.8, 4) is 5.75 Å². The van der Waals surface area contributed by atoms with Gasteiger partial charge in [-0.05, 0) is 50.9 Å². The number of benzene rings is 1. The van der Waals surface area contributed by atoms with Crippen LogP contribution in [0.3, 0.4) is 0 Å². The molecule has 27 heavy (non-hydrogen) atoms. The minimum Gasteiger partial charge on any atom is -0.488 e. The van der Waals surface area contributed by atoms with Gasteiger partial charge >= 0.3 is 0 Å². The van der Waals surface area contributed by atoms with Crippen molar-refractivity contribution in [1.82, 2.24) is 25.6 Å². The summed E-state index contributed by atoms with van der Waals surface area (Å²) in [6, 6.07) is 8.21. The van der Waals surface area contributed by atoms with Gasteiger partial charge in [0, 0.05) is 0 Å². The normalized spacial score (nSPS) is 15.6. The average molecular weight is 394 g/mol. The van der Waals surface area contributed by atoms with E-state index in [1.54, 1.807) is 6.20 Å². The van der Waals surface area contributed by atoms with Gasteiger partial charge in [-0.3, -0.25) is 4.79 Å². The lowest BCUT2D eigenvalue weighted by atomic mass is 10.1. The Bertz CT molecular complexity index is 730. The lowest BCUT2D eigenvalue weighted by Crippen LogP contribution is -2.35.